The van der Waals surface area contributed by atoms with Gasteiger partial charge < -0.3 is 10.1 Å². The second kappa shape index (κ2) is 4.20. The first-order chi connectivity index (χ1) is 6.38. The zero-order valence-electron chi connectivity index (χ0n) is 7.92. The van der Waals surface area contributed by atoms with E-state index in [1.54, 1.807) is 0 Å². The normalized spacial score (nSPS) is 34.8. The van der Waals surface area contributed by atoms with Crippen LogP contribution >= 0.6 is 0 Å². The Hall–Kier alpha value is -0.410. The molecule has 0 saturated carbocycles. The Morgan fingerprint density at radius 3 is 2.85 bits per heavy atom. The van der Waals surface area contributed by atoms with Gasteiger partial charge in [-0.25, -0.2) is 0 Å². The van der Waals surface area contributed by atoms with Crippen molar-refractivity contribution in [3.8, 4) is 0 Å². The molecule has 0 aromatic heterocycles. The first-order valence-corrected chi connectivity index (χ1v) is 5.20. The lowest BCUT2D eigenvalue weighted by Gasteiger charge is -2.23. The summed E-state index contributed by atoms with van der Waals surface area (Å²) in [5.41, 5.74) is 0. The van der Waals surface area contributed by atoms with Crippen LogP contribution in [0.1, 0.15) is 19.3 Å². The average Bonchev–Trinajstić information content (AvgIpc) is 2.71. The Morgan fingerprint density at radius 2 is 2.23 bits per heavy atom. The lowest BCUT2D eigenvalue weighted by molar-refractivity contribution is -0.127. The summed E-state index contributed by atoms with van der Waals surface area (Å²) in [4.78, 5) is 11.9. The number of carbonyl (C=O) groups excluding carboxylic acids is 1. The van der Waals surface area contributed by atoms with Crippen molar-refractivity contribution in [3.63, 3.8) is 0 Å². The van der Waals surface area contributed by atoms with Crippen molar-refractivity contribution in [2.45, 2.75) is 19.3 Å². The highest BCUT2D eigenvalue weighted by molar-refractivity contribution is 5.84. The molecule has 0 aliphatic carbocycles. The lowest BCUT2D eigenvalue weighted by atomic mass is 9.87. The minimum absolute atomic E-state index is 0.199. The average molecular weight is 183 g/mol. The molecule has 0 aromatic rings. The Morgan fingerprint density at radius 1 is 1.31 bits per heavy atom. The highest BCUT2D eigenvalue weighted by Gasteiger charge is 2.30. The molecule has 2 rings (SSSR count). The molecule has 3 nitrogen and oxygen atoms in total. The number of nitrogens with one attached hydrogen (secondary N) is 1. The highest BCUT2D eigenvalue weighted by Crippen LogP contribution is 2.21. The van der Waals surface area contributed by atoms with E-state index in [4.69, 9.17) is 4.74 Å². The van der Waals surface area contributed by atoms with Crippen LogP contribution in [-0.2, 0) is 9.53 Å². The van der Waals surface area contributed by atoms with E-state index in [1.165, 1.54) is 0 Å². The molecule has 0 bridgehead atoms. The quantitative estimate of drug-likeness (QED) is 0.681. The number of rotatable bonds is 2. The Balaban J connectivity index is 1.87. The molecule has 0 aromatic carbocycles. The Kier molecular flexibility index (Phi) is 2.96. The fourth-order valence-electron chi connectivity index (χ4n) is 2.19. The molecule has 0 radical (unpaired) electrons. The zero-order valence-corrected chi connectivity index (χ0v) is 7.92. The third kappa shape index (κ3) is 2.09. The smallest absolute Gasteiger partial charge is 0.142 e. The van der Waals surface area contributed by atoms with Gasteiger partial charge in [-0.15, -0.1) is 0 Å². The van der Waals surface area contributed by atoms with Gasteiger partial charge in [0.1, 0.15) is 5.78 Å². The molecule has 74 valence electrons. The van der Waals surface area contributed by atoms with Gasteiger partial charge in [0.2, 0.25) is 0 Å². The largest absolute Gasteiger partial charge is 0.381 e. The van der Waals surface area contributed by atoms with Crippen LogP contribution in [-0.4, -0.2) is 32.1 Å². The molecule has 2 aliphatic rings. The summed E-state index contributed by atoms with van der Waals surface area (Å²) in [6, 6.07) is 0. The fourth-order valence-corrected chi connectivity index (χ4v) is 2.19. The van der Waals surface area contributed by atoms with Crippen LogP contribution < -0.4 is 5.32 Å². The van der Waals surface area contributed by atoms with Gasteiger partial charge in [0.25, 0.3) is 0 Å². The maximum absolute atomic E-state index is 11.9. The standard InChI is InChI=1S/C10H17NO2/c12-10(9-3-5-13-7-9)8-2-1-4-11-6-8/h8-9,11H,1-7H2. The zero-order chi connectivity index (χ0) is 9.10. The van der Waals surface area contributed by atoms with Crippen molar-refractivity contribution in [2.24, 2.45) is 11.8 Å². The van der Waals surface area contributed by atoms with Crippen molar-refractivity contribution < 1.29 is 9.53 Å². The number of hydrogen-bond donors (Lipinski definition) is 1. The summed E-state index contributed by atoms with van der Waals surface area (Å²) in [5, 5.41) is 3.28. The van der Waals surface area contributed by atoms with E-state index in [1.807, 2.05) is 0 Å². The van der Waals surface area contributed by atoms with Crippen molar-refractivity contribution in [3.05, 3.63) is 0 Å². The van der Waals surface area contributed by atoms with Gasteiger partial charge in [-0.1, -0.05) is 0 Å². The summed E-state index contributed by atoms with van der Waals surface area (Å²) >= 11 is 0. The van der Waals surface area contributed by atoms with E-state index in [0.29, 0.717) is 12.4 Å². The first kappa shape index (κ1) is 9.16. The van der Waals surface area contributed by atoms with Crippen LogP contribution in [0.3, 0.4) is 0 Å². The van der Waals surface area contributed by atoms with Crippen LogP contribution in [0.2, 0.25) is 0 Å². The van der Waals surface area contributed by atoms with Crippen LogP contribution in [0.4, 0.5) is 0 Å². The second-order valence-electron chi connectivity index (χ2n) is 4.01. The number of ether oxygens (including phenoxy) is 1. The Bertz CT molecular complexity index is 181. The molecule has 1 N–H and O–H groups in total. The molecule has 0 amide bonds. The molecule has 2 aliphatic heterocycles. The minimum Gasteiger partial charge on any atom is -0.381 e. The summed E-state index contributed by atoms with van der Waals surface area (Å²) in [7, 11) is 0. The molecular weight excluding hydrogens is 166 g/mol. The van der Waals surface area contributed by atoms with Gasteiger partial charge in [-0.05, 0) is 25.8 Å². The van der Waals surface area contributed by atoms with E-state index < -0.39 is 0 Å². The third-order valence-corrected chi connectivity index (χ3v) is 3.03. The maximum atomic E-state index is 11.9. The van der Waals surface area contributed by atoms with E-state index in [0.717, 1.165) is 39.0 Å². The van der Waals surface area contributed by atoms with Crippen molar-refractivity contribution in [1.29, 1.82) is 0 Å². The molecule has 2 unspecified atom stereocenters. The Labute approximate surface area is 78.8 Å². The monoisotopic (exact) mass is 183 g/mol. The topological polar surface area (TPSA) is 38.3 Å². The summed E-state index contributed by atoms with van der Waals surface area (Å²) < 4.78 is 5.23. The van der Waals surface area contributed by atoms with Crippen LogP contribution in [0, 0.1) is 11.8 Å². The molecule has 2 fully saturated rings. The molecule has 2 atom stereocenters. The SMILES string of the molecule is O=C(C1CCCNC1)C1CCOC1. The maximum Gasteiger partial charge on any atom is 0.142 e. The van der Waals surface area contributed by atoms with E-state index >= 15 is 0 Å². The van der Waals surface area contributed by atoms with Gasteiger partial charge in [-0.3, -0.25) is 4.79 Å². The van der Waals surface area contributed by atoms with Gasteiger partial charge in [0, 0.05) is 25.0 Å². The van der Waals surface area contributed by atoms with E-state index in [-0.39, 0.29) is 11.8 Å². The van der Waals surface area contributed by atoms with Gasteiger partial charge in [0.15, 0.2) is 0 Å². The first-order valence-electron chi connectivity index (χ1n) is 5.20. The van der Waals surface area contributed by atoms with Gasteiger partial charge in [-0.2, -0.15) is 0 Å². The molecule has 0 spiro atoms. The van der Waals surface area contributed by atoms with Crippen molar-refractivity contribution in [1.82, 2.24) is 5.32 Å². The third-order valence-electron chi connectivity index (χ3n) is 3.03. The molecular formula is C10H17NO2. The highest BCUT2D eigenvalue weighted by atomic mass is 16.5. The lowest BCUT2D eigenvalue weighted by Crippen LogP contribution is -2.37. The van der Waals surface area contributed by atoms with E-state index in [9.17, 15) is 4.79 Å². The molecule has 13 heavy (non-hydrogen) atoms. The van der Waals surface area contributed by atoms with Gasteiger partial charge >= 0.3 is 0 Å². The van der Waals surface area contributed by atoms with Crippen LogP contribution in [0.5, 0.6) is 0 Å². The fraction of sp³-hybridized carbons (Fsp3) is 0.900. The minimum atomic E-state index is 0.199. The predicted molar refractivity (Wildman–Crippen MR) is 49.5 cm³/mol. The van der Waals surface area contributed by atoms with Crippen molar-refractivity contribution in [2.75, 3.05) is 26.3 Å². The number of piperidine rings is 1. The summed E-state index contributed by atoms with van der Waals surface area (Å²) in [6.07, 6.45) is 3.15. The second-order valence-corrected chi connectivity index (χ2v) is 4.01. The number of carbonyl (C=O) groups is 1. The number of Topliss-reactive ketones (excluding diaryl/α,β-unsaturated/α-hetero) is 1. The van der Waals surface area contributed by atoms with Crippen molar-refractivity contribution >= 4 is 5.78 Å². The molecule has 3 heteroatoms. The number of ketones is 1. The van der Waals surface area contributed by atoms with E-state index in [2.05, 4.69) is 5.32 Å². The summed E-state index contributed by atoms with van der Waals surface area (Å²) in [5.74, 6) is 0.898. The molecule has 2 heterocycles. The summed E-state index contributed by atoms with van der Waals surface area (Å²) in [6.45, 7) is 3.40. The van der Waals surface area contributed by atoms with Crippen LogP contribution in [0.25, 0.3) is 0 Å². The molecule has 2 saturated heterocycles. The predicted octanol–water partition coefficient (Wildman–Crippen LogP) is 0.592. The van der Waals surface area contributed by atoms with Crippen LogP contribution in [0.15, 0.2) is 0 Å². The number of hydrogen-bond acceptors (Lipinski definition) is 3. The van der Waals surface area contributed by atoms with Gasteiger partial charge in [0.05, 0.1) is 6.61 Å².